The van der Waals surface area contributed by atoms with Gasteiger partial charge in [0, 0.05) is 6.54 Å². The Labute approximate surface area is 61.3 Å². The third kappa shape index (κ3) is 3.25. The summed E-state index contributed by atoms with van der Waals surface area (Å²) in [6.45, 7) is 5.83. The molecule has 1 atom stereocenters. The zero-order chi connectivity index (χ0) is 7.98. The van der Waals surface area contributed by atoms with Crippen LogP contribution in [0.15, 0.2) is 12.7 Å². The average Bonchev–Trinajstić information content (AvgIpc) is 1.98. The highest BCUT2D eigenvalue weighted by Gasteiger charge is 2.07. The Hall–Kier alpha value is -0.830. The summed E-state index contributed by atoms with van der Waals surface area (Å²) < 4.78 is 0. The van der Waals surface area contributed by atoms with E-state index in [1.54, 1.807) is 6.08 Å². The monoisotopic (exact) mass is 142 g/mol. The Morgan fingerprint density at radius 3 is 2.90 bits per heavy atom. The first kappa shape index (κ1) is 9.17. The zero-order valence-electron chi connectivity index (χ0n) is 6.26. The lowest BCUT2D eigenvalue weighted by atomic mass is 10.2. The third-order valence-electron chi connectivity index (χ3n) is 1.20. The van der Waals surface area contributed by atoms with E-state index < -0.39 is 0 Å². The maximum absolute atomic E-state index is 10.8. The van der Waals surface area contributed by atoms with Crippen LogP contribution in [0, 0.1) is 0 Å². The van der Waals surface area contributed by atoms with Crippen LogP contribution in [0.25, 0.3) is 0 Å². The molecule has 1 amide bonds. The van der Waals surface area contributed by atoms with Gasteiger partial charge in [-0.15, -0.1) is 6.58 Å². The largest absolute Gasteiger partial charge is 0.351 e. The number of hydrogen-bond acceptors (Lipinski definition) is 2. The molecule has 3 nitrogen and oxygen atoms in total. The minimum atomic E-state index is -0.375. The van der Waals surface area contributed by atoms with Crippen LogP contribution in [-0.4, -0.2) is 18.5 Å². The number of nitrogens with two attached hydrogens (primary N) is 1. The molecule has 0 rings (SSSR count). The average molecular weight is 142 g/mol. The molecule has 0 aromatic carbocycles. The molecule has 0 saturated carbocycles. The minimum Gasteiger partial charge on any atom is -0.351 e. The van der Waals surface area contributed by atoms with E-state index in [4.69, 9.17) is 5.73 Å². The fourth-order valence-electron chi connectivity index (χ4n) is 0.489. The molecule has 58 valence electrons. The molecule has 3 heteroatoms. The first-order valence-corrected chi connectivity index (χ1v) is 3.36. The fourth-order valence-corrected chi connectivity index (χ4v) is 0.489. The Morgan fingerprint density at radius 1 is 1.90 bits per heavy atom. The summed E-state index contributed by atoms with van der Waals surface area (Å²) in [4.78, 5) is 10.8. The molecule has 0 spiro atoms. The molecule has 0 radical (unpaired) electrons. The van der Waals surface area contributed by atoms with Gasteiger partial charge in [-0.3, -0.25) is 4.79 Å². The molecular weight excluding hydrogens is 128 g/mol. The molecule has 0 aromatic heterocycles. The number of carbonyl (C=O) groups excluding carboxylic acids is 1. The Balaban J connectivity index is 3.51. The topological polar surface area (TPSA) is 55.1 Å². The Kier molecular flexibility index (Phi) is 4.58. The first-order valence-electron chi connectivity index (χ1n) is 3.36. The van der Waals surface area contributed by atoms with Crippen LogP contribution in [0.4, 0.5) is 0 Å². The standard InChI is InChI=1S/C7H14N2O/c1-3-5-9-7(10)6(8)4-2/h3,6H,1,4-5,8H2,2H3,(H,9,10)/t6-/m1/s1. The summed E-state index contributed by atoms with van der Waals surface area (Å²) in [6.07, 6.45) is 2.29. The molecule has 0 aliphatic carbocycles. The molecule has 3 N–H and O–H groups in total. The van der Waals surface area contributed by atoms with Crippen molar-refractivity contribution in [3.63, 3.8) is 0 Å². The summed E-state index contributed by atoms with van der Waals surface area (Å²) in [5.74, 6) is -0.109. The molecular formula is C7H14N2O. The van der Waals surface area contributed by atoms with E-state index in [1.165, 1.54) is 0 Å². The fraction of sp³-hybridized carbons (Fsp3) is 0.571. The van der Waals surface area contributed by atoms with Crippen LogP contribution >= 0.6 is 0 Å². The van der Waals surface area contributed by atoms with Crippen molar-refractivity contribution < 1.29 is 4.79 Å². The van der Waals surface area contributed by atoms with Gasteiger partial charge in [-0.05, 0) is 6.42 Å². The van der Waals surface area contributed by atoms with Gasteiger partial charge in [-0.25, -0.2) is 0 Å². The van der Waals surface area contributed by atoms with Crippen molar-refractivity contribution in [1.29, 1.82) is 0 Å². The molecule has 10 heavy (non-hydrogen) atoms. The van der Waals surface area contributed by atoms with Crippen molar-refractivity contribution in [2.75, 3.05) is 6.54 Å². The van der Waals surface area contributed by atoms with Gasteiger partial charge in [0.25, 0.3) is 0 Å². The predicted octanol–water partition coefficient (Wildman–Crippen LogP) is 0.0259. The third-order valence-corrected chi connectivity index (χ3v) is 1.20. The van der Waals surface area contributed by atoms with Crippen molar-refractivity contribution >= 4 is 5.91 Å². The van der Waals surface area contributed by atoms with Crippen molar-refractivity contribution in [3.8, 4) is 0 Å². The van der Waals surface area contributed by atoms with Gasteiger partial charge in [0.1, 0.15) is 0 Å². The van der Waals surface area contributed by atoms with Gasteiger partial charge in [0.15, 0.2) is 0 Å². The van der Waals surface area contributed by atoms with Crippen LogP contribution in [0.5, 0.6) is 0 Å². The first-order chi connectivity index (χ1) is 4.72. The van der Waals surface area contributed by atoms with Gasteiger partial charge < -0.3 is 11.1 Å². The van der Waals surface area contributed by atoms with E-state index in [0.717, 1.165) is 0 Å². The molecule has 0 aliphatic rings. The van der Waals surface area contributed by atoms with Gasteiger partial charge in [-0.2, -0.15) is 0 Å². The van der Waals surface area contributed by atoms with Crippen LogP contribution in [0.1, 0.15) is 13.3 Å². The van der Waals surface area contributed by atoms with E-state index in [-0.39, 0.29) is 11.9 Å². The second kappa shape index (κ2) is 4.99. The minimum absolute atomic E-state index is 0.109. The SMILES string of the molecule is C=CCNC(=O)[C@H](N)CC. The lowest BCUT2D eigenvalue weighted by Gasteiger charge is -2.06. The highest BCUT2D eigenvalue weighted by molar-refractivity contribution is 5.81. The maximum Gasteiger partial charge on any atom is 0.237 e. The summed E-state index contributed by atoms with van der Waals surface area (Å²) in [5, 5.41) is 2.60. The highest BCUT2D eigenvalue weighted by Crippen LogP contribution is 1.84. The summed E-state index contributed by atoms with van der Waals surface area (Å²) >= 11 is 0. The molecule has 0 aromatic rings. The second-order valence-electron chi connectivity index (χ2n) is 2.05. The quantitative estimate of drug-likeness (QED) is 0.544. The smallest absolute Gasteiger partial charge is 0.237 e. The van der Waals surface area contributed by atoms with Gasteiger partial charge in [0.2, 0.25) is 5.91 Å². The number of amides is 1. The maximum atomic E-state index is 10.8. The Morgan fingerprint density at radius 2 is 2.50 bits per heavy atom. The molecule has 0 unspecified atom stereocenters. The Bertz CT molecular complexity index is 123. The second-order valence-corrected chi connectivity index (χ2v) is 2.05. The highest BCUT2D eigenvalue weighted by atomic mass is 16.2. The number of carbonyl (C=O) groups is 1. The summed E-state index contributed by atoms with van der Waals surface area (Å²) in [7, 11) is 0. The zero-order valence-corrected chi connectivity index (χ0v) is 6.26. The summed E-state index contributed by atoms with van der Waals surface area (Å²) in [5.41, 5.74) is 5.41. The van der Waals surface area contributed by atoms with E-state index in [0.29, 0.717) is 13.0 Å². The molecule has 0 saturated heterocycles. The predicted molar refractivity (Wildman–Crippen MR) is 41.5 cm³/mol. The van der Waals surface area contributed by atoms with Crippen LogP contribution in [0.3, 0.4) is 0 Å². The summed E-state index contributed by atoms with van der Waals surface area (Å²) in [6, 6.07) is -0.375. The van der Waals surface area contributed by atoms with Crippen molar-refractivity contribution in [2.45, 2.75) is 19.4 Å². The normalized spacial score (nSPS) is 12.2. The number of rotatable bonds is 4. The van der Waals surface area contributed by atoms with E-state index >= 15 is 0 Å². The van der Waals surface area contributed by atoms with Gasteiger partial charge >= 0.3 is 0 Å². The van der Waals surface area contributed by atoms with Crippen molar-refractivity contribution in [2.24, 2.45) is 5.73 Å². The molecule has 0 fully saturated rings. The van der Waals surface area contributed by atoms with Crippen molar-refractivity contribution in [3.05, 3.63) is 12.7 Å². The lowest BCUT2D eigenvalue weighted by molar-refractivity contribution is -0.122. The van der Waals surface area contributed by atoms with E-state index in [1.807, 2.05) is 6.92 Å². The molecule has 0 bridgehead atoms. The molecule has 0 aliphatic heterocycles. The van der Waals surface area contributed by atoms with Gasteiger partial charge in [-0.1, -0.05) is 13.0 Å². The van der Waals surface area contributed by atoms with Crippen LogP contribution in [0.2, 0.25) is 0 Å². The van der Waals surface area contributed by atoms with Crippen molar-refractivity contribution in [1.82, 2.24) is 5.32 Å². The number of hydrogen-bond donors (Lipinski definition) is 2. The lowest BCUT2D eigenvalue weighted by Crippen LogP contribution is -2.39. The molecule has 0 heterocycles. The van der Waals surface area contributed by atoms with Crippen LogP contribution < -0.4 is 11.1 Å². The van der Waals surface area contributed by atoms with E-state index in [9.17, 15) is 4.79 Å². The van der Waals surface area contributed by atoms with E-state index in [2.05, 4.69) is 11.9 Å². The number of nitrogens with one attached hydrogen (secondary N) is 1. The van der Waals surface area contributed by atoms with Gasteiger partial charge in [0.05, 0.1) is 6.04 Å². The van der Waals surface area contributed by atoms with Crippen LogP contribution in [-0.2, 0) is 4.79 Å².